The lowest BCUT2D eigenvalue weighted by atomic mass is 9.76. The van der Waals surface area contributed by atoms with Gasteiger partial charge in [-0.2, -0.15) is 0 Å². The predicted octanol–water partition coefficient (Wildman–Crippen LogP) is 4.91. The van der Waals surface area contributed by atoms with Gasteiger partial charge in [0.2, 0.25) is 5.95 Å². The topological polar surface area (TPSA) is 128 Å². The van der Waals surface area contributed by atoms with Crippen LogP contribution in [0.1, 0.15) is 47.7 Å². The number of sulfonamides is 1. The molecule has 2 heterocycles. The first-order chi connectivity index (χ1) is 18.6. The van der Waals surface area contributed by atoms with Crippen molar-refractivity contribution in [3.63, 3.8) is 0 Å². The normalized spacial score (nSPS) is 15.1. The zero-order valence-electron chi connectivity index (χ0n) is 22.9. The van der Waals surface area contributed by atoms with E-state index in [0.29, 0.717) is 41.2 Å². The average molecular weight is 579 g/mol. The smallest absolute Gasteiger partial charge is 0.264 e. The van der Waals surface area contributed by atoms with Crippen LogP contribution < -0.4 is 4.72 Å². The van der Waals surface area contributed by atoms with Gasteiger partial charge in [0.25, 0.3) is 10.0 Å². The van der Waals surface area contributed by atoms with Crippen LogP contribution in [0.2, 0.25) is 0 Å². The third-order valence-electron chi connectivity index (χ3n) is 6.88. The number of nitrogens with zero attached hydrogens (tertiary/aromatic N) is 3. The van der Waals surface area contributed by atoms with Crippen LogP contribution in [0.3, 0.4) is 0 Å². The van der Waals surface area contributed by atoms with Crippen LogP contribution in [0.25, 0.3) is 16.9 Å². The van der Waals surface area contributed by atoms with E-state index in [1.807, 2.05) is 24.5 Å². The minimum Gasteiger partial charge on any atom is -0.313 e. The number of Topliss-reactive ketones (excluding diaryl/α,β-unsaturated/α-hetero) is 1. The van der Waals surface area contributed by atoms with Crippen LogP contribution >= 0.6 is 0 Å². The van der Waals surface area contributed by atoms with Gasteiger partial charge >= 0.3 is 0 Å². The van der Waals surface area contributed by atoms with Crippen molar-refractivity contribution >= 4 is 31.6 Å². The molecule has 208 valence electrons. The molecule has 0 saturated carbocycles. The van der Waals surface area contributed by atoms with E-state index >= 15 is 0 Å². The van der Waals surface area contributed by atoms with E-state index in [9.17, 15) is 21.6 Å². The summed E-state index contributed by atoms with van der Waals surface area (Å²) < 4.78 is 54.6. The number of anilines is 1. The van der Waals surface area contributed by atoms with Gasteiger partial charge in [-0.15, -0.1) is 0 Å². The van der Waals surface area contributed by atoms with Crippen molar-refractivity contribution in [2.45, 2.75) is 50.3 Å². The maximum Gasteiger partial charge on any atom is 0.264 e. The summed E-state index contributed by atoms with van der Waals surface area (Å²) in [6.45, 7) is 7.61. The standard InChI is InChI=1S/C29H30N4O5S2/c1-18-14-19(2)31-28(30-18)32-40(37,38)23-12-8-21(9-13-23)33-25(20-6-10-22(11-7-20)39(5,35)36)15-24-26(33)16-29(3,4)17-27(24)34/h6-15H,16-17H2,1-5H3,(H,30,31,32). The molecule has 9 nitrogen and oxygen atoms in total. The summed E-state index contributed by atoms with van der Waals surface area (Å²) in [5, 5.41) is 0. The molecule has 0 fully saturated rings. The summed E-state index contributed by atoms with van der Waals surface area (Å²) in [5.41, 5.74) is 4.62. The molecule has 1 aliphatic rings. The highest BCUT2D eigenvalue weighted by molar-refractivity contribution is 7.92. The van der Waals surface area contributed by atoms with E-state index in [0.717, 1.165) is 17.5 Å². The van der Waals surface area contributed by atoms with Crippen LogP contribution in [0.5, 0.6) is 0 Å². The zero-order valence-corrected chi connectivity index (χ0v) is 24.5. The molecule has 1 N–H and O–H groups in total. The number of hydrogen-bond acceptors (Lipinski definition) is 7. The lowest BCUT2D eigenvalue weighted by Gasteiger charge is -2.30. The van der Waals surface area contributed by atoms with Gasteiger partial charge in [-0.25, -0.2) is 31.5 Å². The Morgan fingerprint density at radius 1 is 0.825 bits per heavy atom. The van der Waals surface area contributed by atoms with Gasteiger partial charge in [-0.3, -0.25) is 4.79 Å². The van der Waals surface area contributed by atoms with Crippen molar-refractivity contribution in [2.75, 3.05) is 11.0 Å². The van der Waals surface area contributed by atoms with Crippen LogP contribution in [0.4, 0.5) is 5.95 Å². The Balaban J connectivity index is 1.59. The minimum atomic E-state index is -3.95. The number of aromatic nitrogens is 3. The molecule has 0 amide bonds. The summed E-state index contributed by atoms with van der Waals surface area (Å²) in [6.07, 6.45) is 2.21. The lowest BCUT2D eigenvalue weighted by molar-refractivity contribution is 0.0911. The van der Waals surface area contributed by atoms with Gasteiger partial charge < -0.3 is 4.57 Å². The summed E-state index contributed by atoms with van der Waals surface area (Å²) >= 11 is 0. The molecule has 0 bridgehead atoms. The highest BCUT2D eigenvalue weighted by atomic mass is 32.2. The van der Waals surface area contributed by atoms with E-state index in [4.69, 9.17) is 0 Å². The number of fused-ring (bicyclic) bond motifs is 1. The number of rotatable bonds is 6. The molecule has 2 aromatic heterocycles. The van der Waals surface area contributed by atoms with Crippen molar-refractivity contribution in [1.29, 1.82) is 0 Å². The second-order valence-electron chi connectivity index (χ2n) is 11.0. The van der Waals surface area contributed by atoms with Crippen molar-refractivity contribution in [3.8, 4) is 16.9 Å². The van der Waals surface area contributed by atoms with Crippen LogP contribution in [0.15, 0.2) is 70.5 Å². The number of ketones is 1. The Hall–Kier alpha value is -3.83. The van der Waals surface area contributed by atoms with Gasteiger partial charge in [0.05, 0.1) is 15.5 Å². The summed E-state index contributed by atoms with van der Waals surface area (Å²) in [4.78, 5) is 21.7. The highest BCUT2D eigenvalue weighted by Gasteiger charge is 2.35. The summed E-state index contributed by atoms with van der Waals surface area (Å²) in [6, 6.07) is 16.5. The molecule has 40 heavy (non-hydrogen) atoms. The van der Waals surface area contributed by atoms with E-state index in [-0.39, 0.29) is 26.9 Å². The second-order valence-corrected chi connectivity index (χ2v) is 14.7. The number of carbonyl (C=O) groups excluding carboxylic acids is 1. The van der Waals surface area contributed by atoms with E-state index in [1.165, 1.54) is 12.1 Å². The molecule has 11 heteroatoms. The first kappa shape index (κ1) is 27.7. The molecule has 0 aliphatic heterocycles. The van der Waals surface area contributed by atoms with Gasteiger partial charge in [-0.05, 0) is 79.8 Å². The maximum atomic E-state index is 13.1. The fourth-order valence-electron chi connectivity index (χ4n) is 5.12. The Morgan fingerprint density at radius 2 is 1.40 bits per heavy atom. The van der Waals surface area contributed by atoms with Crippen molar-refractivity contribution in [3.05, 3.63) is 83.3 Å². The maximum absolute atomic E-state index is 13.1. The molecule has 0 atom stereocenters. The van der Waals surface area contributed by atoms with Gasteiger partial charge in [-0.1, -0.05) is 26.0 Å². The minimum absolute atomic E-state index is 0.00151. The Morgan fingerprint density at radius 3 is 1.98 bits per heavy atom. The molecule has 2 aromatic carbocycles. The molecule has 5 rings (SSSR count). The fraction of sp³-hybridized carbons (Fsp3) is 0.276. The fourth-order valence-corrected chi connectivity index (χ4v) is 6.69. The molecule has 0 unspecified atom stereocenters. The third-order valence-corrected chi connectivity index (χ3v) is 9.35. The Bertz CT molecular complexity index is 1840. The highest BCUT2D eigenvalue weighted by Crippen LogP contribution is 2.40. The molecule has 0 radical (unpaired) electrons. The van der Waals surface area contributed by atoms with Crippen LogP contribution in [-0.2, 0) is 26.3 Å². The van der Waals surface area contributed by atoms with Crippen molar-refractivity contribution in [2.24, 2.45) is 5.41 Å². The Kier molecular flexibility index (Phi) is 6.70. The zero-order chi connectivity index (χ0) is 29.0. The number of aryl methyl sites for hydroxylation is 2. The first-order valence-corrected chi connectivity index (χ1v) is 16.0. The predicted molar refractivity (Wildman–Crippen MR) is 153 cm³/mol. The van der Waals surface area contributed by atoms with E-state index < -0.39 is 19.9 Å². The average Bonchev–Trinajstić information content (AvgIpc) is 3.21. The number of hydrogen-bond donors (Lipinski definition) is 1. The number of sulfone groups is 1. The van der Waals surface area contributed by atoms with E-state index in [2.05, 4.69) is 14.7 Å². The Labute approximate surface area is 234 Å². The largest absolute Gasteiger partial charge is 0.313 e. The quantitative estimate of drug-likeness (QED) is 0.344. The molecule has 4 aromatic rings. The van der Waals surface area contributed by atoms with Gasteiger partial charge in [0.15, 0.2) is 15.6 Å². The van der Waals surface area contributed by atoms with Crippen LogP contribution in [0, 0.1) is 19.3 Å². The van der Waals surface area contributed by atoms with Crippen LogP contribution in [-0.4, -0.2) is 43.4 Å². The first-order valence-electron chi connectivity index (χ1n) is 12.7. The number of carbonyl (C=O) groups is 1. The molecule has 0 spiro atoms. The van der Waals surface area contributed by atoms with E-state index in [1.54, 1.807) is 56.3 Å². The number of nitrogens with one attached hydrogen (secondary N) is 1. The molecule has 1 aliphatic carbocycles. The SMILES string of the molecule is Cc1cc(C)nc(NS(=O)(=O)c2ccc(-n3c(-c4ccc(S(C)(=O)=O)cc4)cc4c3CC(C)(C)CC4=O)cc2)n1. The third kappa shape index (κ3) is 5.44. The molecule has 0 saturated heterocycles. The lowest BCUT2D eigenvalue weighted by Crippen LogP contribution is -2.27. The van der Waals surface area contributed by atoms with Gasteiger partial charge in [0.1, 0.15) is 0 Å². The molecular formula is C29H30N4O5S2. The number of benzene rings is 2. The second kappa shape index (κ2) is 9.67. The molecular weight excluding hydrogens is 548 g/mol. The summed E-state index contributed by atoms with van der Waals surface area (Å²) in [5.74, 6) is 0.0393. The van der Waals surface area contributed by atoms with Gasteiger partial charge in [0, 0.05) is 41.0 Å². The summed E-state index contributed by atoms with van der Waals surface area (Å²) in [7, 11) is -7.32. The monoisotopic (exact) mass is 578 g/mol. The van der Waals surface area contributed by atoms with Crippen molar-refractivity contribution < 1.29 is 21.6 Å². The van der Waals surface area contributed by atoms with Crippen molar-refractivity contribution in [1.82, 2.24) is 14.5 Å².